The lowest BCUT2D eigenvalue weighted by Gasteiger charge is -2.06. The minimum Gasteiger partial charge on any atom is -0.309 e. The summed E-state index contributed by atoms with van der Waals surface area (Å²) in [4.78, 5) is 13.5. The molecule has 1 aromatic rings. The molecule has 0 aliphatic rings. The topological polar surface area (TPSA) is 20.3 Å². The van der Waals surface area contributed by atoms with Crippen molar-refractivity contribution in [2.45, 2.75) is 6.42 Å². The van der Waals surface area contributed by atoms with Crippen LogP contribution in [0.4, 0.5) is 0 Å². The third kappa shape index (κ3) is 5.35. The molecular weight excluding hydrogens is 257 g/mol. The summed E-state index contributed by atoms with van der Waals surface area (Å²) in [5.41, 5.74) is 0.873. The molecule has 0 unspecified atom stereocenters. The van der Waals surface area contributed by atoms with Crippen molar-refractivity contribution in [2.75, 3.05) is 20.6 Å². The summed E-state index contributed by atoms with van der Waals surface area (Å²) >= 11 is 11.7. The molecule has 1 aromatic carbocycles. The molecular formula is C13H15Cl2NO. The Balaban J connectivity index is 2.58. The molecule has 0 saturated carbocycles. The molecule has 17 heavy (non-hydrogen) atoms. The number of hydrogen-bond acceptors (Lipinski definition) is 2. The number of hydrogen-bond donors (Lipinski definition) is 0. The Morgan fingerprint density at radius 1 is 1.29 bits per heavy atom. The van der Waals surface area contributed by atoms with Gasteiger partial charge in [-0.05, 0) is 37.9 Å². The van der Waals surface area contributed by atoms with Crippen LogP contribution in [0, 0.1) is 0 Å². The second-order valence-electron chi connectivity index (χ2n) is 4.03. The summed E-state index contributed by atoms with van der Waals surface area (Å²) in [6.07, 6.45) is 3.84. The summed E-state index contributed by atoms with van der Waals surface area (Å²) in [5, 5.41) is 1.01. The lowest BCUT2D eigenvalue weighted by Crippen LogP contribution is -2.15. The van der Waals surface area contributed by atoms with Gasteiger partial charge < -0.3 is 4.90 Å². The number of rotatable bonds is 5. The van der Waals surface area contributed by atoms with E-state index in [1.807, 2.05) is 25.1 Å². The second kappa shape index (κ2) is 6.80. The average molecular weight is 272 g/mol. The number of benzene rings is 1. The molecule has 0 N–H and O–H groups in total. The number of ketones is 1. The van der Waals surface area contributed by atoms with Crippen LogP contribution in [0.15, 0.2) is 24.3 Å². The van der Waals surface area contributed by atoms with E-state index in [4.69, 9.17) is 23.2 Å². The van der Waals surface area contributed by atoms with Gasteiger partial charge in [0, 0.05) is 13.0 Å². The molecule has 0 atom stereocenters. The van der Waals surface area contributed by atoms with E-state index in [0.717, 1.165) is 12.1 Å². The van der Waals surface area contributed by atoms with Gasteiger partial charge in [0.2, 0.25) is 0 Å². The zero-order valence-electron chi connectivity index (χ0n) is 9.91. The van der Waals surface area contributed by atoms with Gasteiger partial charge in [-0.2, -0.15) is 0 Å². The number of carbonyl (C=O) groups excluding carboxylic acids is 1. The fourth-order valence-corrected chi connectivity index (χ4v) is 1.53. The minimum absolute atomic E-state index is 0.102. The molecule has 0 fully saturated rings. The molecule has 0 aliphatic heterocycles. The van der Waals surface area contributed by atoms with Crippen molar-refractivity contribution >= 4 is 35.1 Å². The van der Waals surface area contributed by atoms with Gasteiger partial charge in [0.05, 0.1) is 10.0 Å². The maximum Gasteiger partial charge on any atom is 0.156 e. The van der Waals surface area contributed by atoms with Crippen molar-refractivity contribution in [2.24, 2.45) is 0 Å². The highest BCUT2D eigenvalue weighted by Gasteiger charge is 1.99. The number of halogens is 2. The monoisotopic (exact) mass is 271 g/mol. The van der Waals surface area contributed by atoms with E-state index in [1.165, 1.54) is 0 Å². The number of nitrogens with zero attached hydrogens (tertiary/aromatic N) is 1. The highest BCUT2D eigenvalue weighted by atomic mass is 35.5. The fourth-order valence-electron chi connectivity index (χ4n) is 1.22. The van der Waals surface area contributed by atoms with Crippen LogP contribution in [-0.2, 0) is 4.79 Å². The third-order valence-corrected chi connectivity index (χ3v) is 2.95. The molecule has 0 amide bonds. The molecule has 0 heterocycles. The Labute approximate surface area is 112 Å². The Morgan fingerprint density at radius 3 is 2.59 bits per heavy atom. The summed E-state index contributed by atoms with van der Waals surface area (Å²) in [6, 6.07) is 5.28. The van der Waals surface area contributed by atoms with Crippen molar-refractivity contribution in [1.29, 1.82) is 0 Å². The first kappa shape index (κ1) is 14.2. The van der Waals surface area contributed by atoms with E-state index in [0.29, 0.717) is 16.5 Å². The maximum atomic E-state index is 11.5. The summed E-state index contributed by atoms with van der Waals surface area (Å²) in [7, 11) is 3.88. The average Bonchev–Trinajstić information content (AvgIpc) is 2.28. The number of carbonyl (C=O) groups is 1. The molecule has 1 rings (SSSR count). The quantitative estimate of drug-likeness (QED) is 0.764. The molecule has 0 aromatic heterocycles. The normalized spacial score (nSPS) is 11.4. The van der Waals surface area contributed by atoms with E-state index in [2.05, 4.69) is 0 Å². The molecule has 0 spiro atoms. The van der Waals surface area contributed by atoms with Gasteiger partial charge in [0.1, 0.15) is 0 Å². The Kier molecular flexibility index (Phi) is 5.69. The van der Waals surface area contributed by atoms with Gasteiger partial charge in [-0.3, -0.25) is 4.79 Å². The zero-order chi connectivity index (χ0) is 12.8. The fraction of sp³-hybridized carbons (Fsp3) is 0.308. The molecule has 4 heteroatoms. The SMILES string of the molecule is CN(C)CCC(=O)/C=C\c1ccc(Cl)c(Cl)c1. The Hall–Kier alpha value is -0.830. The Morgan fingerprint density at radius 2 is 2.00 bits per heavy atom. The second-order valence-corrected chi connectivity index (χ2v) is 4.84. The summed E-state index contributed by atoms with van der Waals surface area (Å²) < 4.78 is 0. The predicted molar refractivity (Wildman–Crippen MR) is 73.7 cm³/mol. The van der Waals surface area contributed by atoms with E-state index < -0.39 is 0 Å². The third-order valence-electron chi connectivity index (χ3n) is 2.21. The van der Waals surface area contributed by atoms with Gasteiger partial charge in [0.15, 0.2) is 5.78 Å². The highest BCUT2D eigenvalue weighted by Crippen LogP contribution is 2.23. The Bertz CT molecular complexity index is 427. The first-order valence-electron chi connectivity index (χ1n) is 5.30. The van der Waals surface area contributed by atoms with E-state index >= 15 is 0 Å². The van der Waals surface area contributed by atoms with Gasteiger partial charge >= 0.3 is 0 Å². The molecule has 0 radical (unpaired) electrons. The summed E-state index contributed by atoms with van der Waals surface area (Å²) in [5.74, 6) is 0.102. The van der Waals surface area contributed by atoms with Crippen LogP contribution in [0.25, 0.3) is 6.08 Å². The molecule has 0 saturated heterocycles. The van der Waals surface area contributed by atoms with Crippen LogP contribution in [0.5, 0.6) is 0 Å². The van der Waals surface area contributed by atoms with E-state index in [9.17, 15) is 4.79 Å². The van der Waals surface area contributed by atoms with Crippen LogP contribution in [0.1, 0.15) is 12.0 Å². The smallest absolute Gasteiger partial charge is 0.156 e. The van der Waals surface area contributed by atoms with E-state index in [-0.39, 0.29) is 5.78 Å². The van der Waals surface area contributed by atoms with Crippen molar-refractivity contribution in [1.82, 2.24) is 4.90 Å². The van der Waals surface area contributed by atoms with Crippen LogP contribution in [0.3, 0.4) is 0 Å². The molecule has 0 bridgehead atoms. The zero-order valence-corrected chi connectivity index (χ0v) is 11.4. The minimum atomic E-state index is 0.102. The van der Waals surface area contributed by atoms with Gasteiger partial charge in [-0.25, -0.2) is 0 Å². The summed E-state index contributed by atoms with van der Waals surface area (Å²) in [6.45, 7) is 0.755. The van der Waals surface area contributed by atoms with Crippen LogP contribution in [-0.4, -0.2) is 31.3 Å². The van der Waals surface area contributed by atoms with E-state index in [1.54, 1.807) is 24.3 Å². The van der Waals surface area contributed by atoms with Crippen molar-refractivity contribution < 1.29 is 4.79 Å². The van der Waals surface area contributed by atoms with Gasteiger partial charge in [0.25, 0.3) is 0 Å². The first-order valence-corrected chi connectivity index (χ1v) is 6.05. The van der Waals surface area contributed by atoms with Crippen LogP contribution in [0.2, 0.25) is 10.0 Å². The standard InChI is InChI=1S/C13H15Cl2NO/c1-16(2)8-7-11(17)5-3-10-4-6-12(14)13(15)9-10/h3-6,9H,7-8H2,1-2H3/b5-3-. The van der Waals surface area contributed by atoms with Crippen LogP contribution < -0.4 is 0 Å². The van der Waals surface area contributed by atoms with Gasteiger partial charge in [-0.1, -0.05) is 35.3 Å². The molecule has 0 aliphatic carbocycles. The largest absolute Gasteiger partial charge is 0.309 e. The molecule has 2 nitrogen and oxygen atoms in total. The van der Waals surface area contributed by atoms with Crippen molar-refractivity contribution in [3.8, 4) is 0 Å². The maximum absolute atomic E-state index is 11.5. The lowest BCUT2D eigenvalue weighted by atomic mass is 10.1. The predicted octanol–water partition coefficient (Wildman–Crippen LogP) is 3.53. The van der Waals surface area contributed by atoms with Gasteiger partial charge in [-0.15, -0.1) is 0 Å². The lowest BCUT2D eigenvalue weighted by molar-refractivity contribution is -0.114. The van der Waals surface area contributed by atoms with Crippen LogP contribution >= 0.6 is 23.2 Å². The number of allylic oxidation sites excluding steroid dienone is 1. The molecule has 92 valence electrons. The highest BCUT2D eigenvalue weighted by molar-refractivity contribution is 6.42. The first-order chi connectivity index (χ1) is 7.99. The van der Waals surface area contributed by atoms with Crippen molar-refractivity contribution in [3.05, 3.63) is 39.9 Å². The van der Waals surface area contributed by atoms with Crippen molar-refractivity contribution in [3.63, 3.8) is 0 Å².